The lowest BCUT2D eigenvalue weighted by Crippen LogP contribution is -2.13. The molecule has 0 amide bonds. The molecule has 0 radical (unpaired) electrons. The van der Waals surface area contributed by atoms with Crippen LogP contribution in [0.2, 0.25) is 0 Å². The summed E-state index contributed by atoms with van der Waals surface area (Å²) in [4.78, 5) is 11.1. The maximum absolute atomic E-state index is 11.1. The molecule has 1 aliphatic carbocycles. The molecular weight excluding hydrogens is 176 g/mol. The molecule has 0 aromatic carbocycles. The monoisotopic (exact) mass is 196 g/mol. The molecule has 14 heavy (non-hydrogen) atoms. The molecule has 0 saturated carbocycles. The Morgan fingerprint density at radius 2 is 2.36 bits per heavy atom. The Morgan fingerprint density at radius 3 is 2.93 bits per heavy atom. The minimum atomic E-state index is -0.111. The third-order valence-electron chi connectivity index (χ3n) is 2.75. The van der Waals surface area contributed by atoms with Gasteiger partial charge in [-0.05, 0) is 30.8 Å². The van der Waals surface area contributed by atoms with Crippen LogP contribution >= 0.6 is 0 Å². The molecule has 0 saturated heterocycles. The lowest BCUT2D eigenvalue weighted by Gasteiger charge is -2.23. The van der Waals surface area contributed by atoms with E-state index in [1.807, 2.05) is 6.92 Å². The van der Waals surface area contributed by atoms with Gasteiger partial charge in [0.1, 0.15) is 5.76 Å². The van der Waals surface area contributed by atoms with Crippen molar-refractivity contribution in [1.29, 1.82) is 0 Å². The largest absolute Gasteiger partial charge is 0.431 e. The summed E-state index contributed by atoms with van der Waals surface area (Å²) in [6.07, 6.45) is 5.90. The van der Waals surface area contributed by atoms with Crippen molar-refractivity contribution in [3.05, 3.63) is 11.8 Å². The van der Waals surface area contributed by atoms with Crippen LogP contribution in [0.15, 0.2) is 11.8 Å². The first kappa shape index (κ1) is 11.3. The van der Waals surface area contributed by atoms with Gasteiger partial charge in [-0.2, -0.15) is 0 Å². The zero-order valence-corrected chi connectivity index (χ0v) is 9.38. The highest BCUT2D eigenvalue weighted by molar-refractivity contribution is 5.70. The molecule has 0 aromatic heterocycles. The average molecular weight is 196 g/mol. The molecule has 1 unspecified atom stereocenters. The van der Waals surface area contributed by atoms with Crippen LogP contribution in [0, 0.1) is 11.8 Å². The number of hydrogen-bond acceptors (Lipinski definition) is 2. The molecule has 0 heterocycles. The van der Waals surface area contributed by atoms with Gasteiger partial charge in [0.25, 0.3) is 0 Å². The van der Waals surface area contributed by atoms with Crippen LogP contribution in [0.3, 0.4) is 0 Å². The summed E-state index contributed by atoms with van der Waals surface area (Å²) in [5, 5.41) is 0. The number of rotatable bonds is 3. The second-order valence-electron chi connectivity index (χ2n) is 4.26. The predicted octanol–water partition coefficient (Wildman–Crippen LogP) is 3.28. The second kappa shape index (κ2) is 5.18. The van der Waals surface area contributed by atoms with Crippen molar-refractivity contribution in [2.24, 2.45) is 11.8 Å². The van der Waals surface area contributed by atoms with E-state index in [1.165, 1.54) is 6.42 Å². The van der Waals surface area contributed by atoms with Crippen LogP contribution in [-0.4, -0.2) is 5.97 Å². The van der Waals surface area contributed by atoms with Gasteiger partial charge in [-0.25, -0.2) is 0 Å². The molecule has 0 bridgehead atoms. The SMILES string of the molecule is CCC(=O)OC1=CC(C(C)C)CCC1. The zero-order valence-electron chi connectivity index (χ0n) is 9.38. The van der Waals surface area contributed by atoms with E-state index in [9.17, 15) is 4.79 Å². The molecule has 0 N–H and O–H groups in total. The maximum Gasteiger partial charge on any atom is 0.310 e. The van der Waals surface area contributed by atoms with Crippen molar-refractivity contribution < 1.29 is 9.53 Å². The summed E-state index contributed by atoms with van der Waals surface area (Å²) in [6.45, 7) is 6.25. The molecule has 0 spiro atoms. The summed E-state index contributed by atoms with van der Waals surface area (Å²) in [7, 11) is 0. The molecule has 2 nitrogen and oxygen atoms in total. The fourth-order valence-electron chi connectivity index (χ4n) is 1.75. The van der Waals surface area contributed by atoms with E-state index in [1.54, 1.807) is 0 Å². The third-order valence-corrected chi connectivity index (χ3v) is 2.75. The fraction of sp³-hybridized carbons (Fsp3) is 0.750. The van der Waals surface area contributed by atoms with Gasteiger partial charge in [0.15, 0.2) is 0 Å². The van der Waals surface area contributed by atoms with Crippen molar-refractivity contribution in [3.63, 3.8) is 0 Å². The Labute approximate surface area is 86.3 Å². The highest BCUT2D eigenvalue weighted by Crippen LogP contribution is 2.28. The second-order valence-corrected chi connectivity index (χ2v) is 4.26. The quantitative estimate of drug-likeness (QED) is 0.647. The predicted molar refractivity (Wildman–Crippen MR) is 56.6 cm³/mol. The summed E-state index contributed by atoms with van der Waals surface area (Å²) in [5.41, 5.74) is 0. The van der Waals surface area contributed by atoms with Crippen LogP contribution in [-0.2, 0) is 9.53 Å². The Morgan fingerprint density at radius 1 is 1.64 bits per heavy atom. The van der Waals surface area contributed by atoms with Gasteiger partial charge in [-0.3, -0.25) is 4.79 Å². The van der Waals surface area contributed by atoms with E-state index in [-0.39, 0.29) is 5.97 Å². The van der Waals surface area contributed by atoms with Crippen molar-refractivity contribution >= 4 is 5.97 Å². The van der Waals surface area contributed by atoms with Crippen molar-refractivity contribution in [1.82, 2.24) is 0 Å². The summed E-state index contributed by atoms with van der Waals surface area (Å²) < 4.78 is 5.24. The first-order valence-electron chi connectivity index (χ1n) is 5.54. The van der Waals surface area contributed by atoms with Gasteiger partial charge in [0, 0.05) is 12.8 Å². The van der Waals surface area contributed by atoms with E-state index >= 15 is 0 Å². The fourth-order valence-corrected chi connectivity index (χ4v) is 1.75. The third kappa shape index (κ3) is 3.17. The number of carbonyl (C=O) groups is 1. The summed E-state index contributed by atoms with van der Waals surface area (Å²) in [6, 6.07) is 0. The molecular formula is C12H20O2. The number of ether oxygens (including phenoxy) is 1. The van der Waals surface area contributed by atoms with E-state index in [4.69, 9.17) is 4.74 Å². The van der Waals surface area contributed by atoms with Crippen LogP contribution < -0.4 is 0 Å². The summed E-state index contributed by atoms with van der Waals surface area (Å²) in [5.74, 6) is 2.01. The van der Waals surface area contributed by atoms with Gasteiger partial charge in [-0.15, -0.1) is 0 Å². The maximum atomic E-state index is 11.1. The average Bonchev–Trinajstić information content (AvgIpc) is 2.18. The van der Waals surface area contributed by atoms with Crippen LogP contribution in [0.4, 0.5) is 0 Å². The minimum Gasteiger partial charge on any atom is -0.431 e. The molecule has 0 aliphatic heterocycles. The van der Waals surface area contributed by atoms with Gasteiger partial charge in [0.2, 0.25) is 0 Å². The lowest BCUT2D eigenvalue weighted by molar-refractivity contribution is -0.139. The van der Waals surface area contributed by atoms with Gasteiger partial charge >= 0.3 is 5.97 Å². The molecule has 1 aliphatic rings. The Bertz CT molecular complexity index is 228. The van der Waals surface area contributed by atoms with Crippen molar-refractivity contribution in [3.8, 4) is 0 Å². The van der Waals surface area contributed by atoms with Crippen LogP contribution in [0.25, 0.3) is 0 Å². The zero-order chi connectivity index (χ0) is 10.6. The van der Waals surface area contributed by atoms with E-state index in [0.29, 0.717) is 18.3 Å². The Balaban J connectivity index is 2.55. The molecule has 1 atom stereocenters. The smallest absolute Gasteiger partial charge is 0.310 e. The van der Waals surface area contributed by atoms with Gasteiger partial charge < -0.3 is 4.74 Å². The first-order chi connectivity index (χ1) is 6.63. The molecule has 80 valence electrons. The van der Waals surface area contributed by atoms with Crippen molar-refractivity contribution in [2.75, 3.05) is 0 Å². The Hall–Kier alpha value is -0.790. The van der Waals surface area contributed by atoms with E-state index in [2.05, 4.69) is 19.9 Å². The topological polar surface area (TPSA) is 26.3 Å². The van der Waals surface area contributed by atoms with Gasteiger partial charge in [-0.1, -0.05) is 20.8 Å². The van der Waals surface area contributed by atoms with E-state index < -0.39 is 0 Å². The molecule has 0 fully saturated rings. The molecule has 2 heteroatoms. The Kier molecular flexibility index (Phi) is 4.18. The summed E-state index contributed by atoms with van der Waals surface area (Å²) >= 11 is 0. The standard InChI is InChI=1S/C12H20O2/c1-4-12(13)14-11-7-5-6-10(8-11)9(2)3/h8-10H,4-7H2,1-3H3. The van der Waals surface area contributed by atoms with Crippen LogP contribution in [0.1, 0.15) is 46.5 Å². The number of hydrogen-bond donors (Lipinski definition) is 0. The molecule has 0 aromatic rings. The van der Waals surface area contributed by atoms with E-state index in [0.717, 1.165) is 18.6 Å². The van der Waals surface area contributed by atoms with Crippen molar-refractivity contribution in [2.45, 2.75) is 46.5 Å². The molecule has 1 rings (SSSR count). The lowest BCUT2D eigenvalue weighted by atomic mass is 9.86. The number of carbonyl (C=O) groups excluding carboxylic acids is 1. The minimum absolute atomic E-state index is 0.111. The normalized spacial score (nSPS) is 22.0. The highest BCUT2D eigenvalue weighted by Gasteiger charge is 2.18. The van der Waals surface area contributed by atoms with Crippen LogP contribution in [0.5, 0.6) is 0 Å². The first-order valence-corrected chi connectivity index (χ1v) is 5.54. The highest BCUT2D eigenvalue weighted by atomic mass is 16.5. The number of esters is 1. The van der Waals surface area contributed by atoms with Gasteiger partial charge in [0.05, 0.1) is 0 Å². The number of allylic oxidation sites excluding steroid dienone is 2.